The van der Waals surface area contributed by atoms with Crippen LogP contribution in [0.15, 0.2) is 18.2 Å². The Morgan fingerprint density at radius 2 is 0.694 bits per heavy atom. The number of nitrogens with one attached hydrogen (secondary N) is 1. The van der Waals surface area contributed by atoms with Crippen molar-refractivity contribution in [2.24, 2.45) is 0 Å². The standard InChI is InChI=1S/C45H83NO3/c1-4-6-8-10-12-14-16-18-20-22-24-26-28-30-32-34-36-48-44-38-43(41-46-42(3)47)39-45(40-44)49-37-35-33-31-29-27-25-23-21-19-17-15-13-11-9-7-5-2/h38-40H,4-37,41H2,1-3H3,(H,46,47). The summed E-state index contributed by atoms with van der Waals surface area (Å²) in [6, 6.07) is 6.12. The lowest BCUT2D eigenvalue weighted by Crippen LogP contribution is -2.19. The smallest absolute Gasteiger partial charge is 0.217 e. The molecule has 1 aromatic carbocycles. The van der Waals surface area contributed by atoms with Gasteiger partial charge in [-0.1, -0.05) is 206 Å². The number of amides is 1. The number of benzene rings is 1. The lowest BCUT2D eigenvalue weighted by molar-refractivity contribution is -0.119. The van der Waals surface area contributed by atoms with Crippen molar-refractivity contribution in [1.82, 2.24) is 5.32 Å². The minimum atomic E-state index is -0.0184. The highest BCUT2D eigenvalue weighted by Gasteiger charge is 2.06. The molecule has 0 saturated carbocycles. The van der Waals surface area contributed by atoms with E-state index < -0.39 is 0 Å². The molecule has 0 unspecified atom stereocenters. The van der Waals surface area contributed by atoms with Gasteiger partial charge >= 0.3 is 0 Å². The predicted molar refractivity (Wildman–Crippen MR) is 214 cm³/mol. The molecule has 0 aliphatic heterocycles. The van der Waals surface area contributed by atoms with Crippen LogP contribution in [-0.4, -0.2) is 19.1 Å². The Morgan fingerprint density at radius 1 is 0.429 bits per heavy atom. The van der Waals surface area contributed by atoms with Crippen LogP contribution < -0.4 is 14.8 Å². The van der Waals surface area contributed by atoms with E-state index in [4.69, 9.17) is 9.47 Å². The lowest BCUT2D eigenvalue weighted by atomic mass is 10.0. The molecule has 0 spiro atoms. The van der Waals surface area contributed by atoms with Crippen molar-refractivity contribution in [1.29, 1.82) is 0 Å². The minimum Gasteiger partial charge on any atom is -0.493 e. The van der Waals surface area contributed by atoms with E-state index in [-0.39, 0.29) is 5.91 Å². The molecule has 1 rings (SSSR count). The third-order valence-corrected chi connectivity index (χ3v) is 10.0. The molecule has 0 saturated heterocycles. The molecule has 286 valence electrons. The van der Waals surface area contributed by atoms with Crippen LogP contribution in [0, 0.1) is 0 Å². The zero-order valence-electron chi connectivity index (χ0n) is 33.2. The molecular weight excluding hydrogens is 602 g/mol. The van der Waals surface area contributed by atoms with E-state index in [1.807, 2.05) is 18.2 Å². The van der Waals surface area contributed by atoms with E-state index in [1.54, 1.807) is 6.92 Å². The van der Waals surface area contributed by atoms with Crippen LogP contribution in [0.5, 0.6) is 11.5 Å². The van der Waals surface area contributed by atoms with Gasteiger partial charge in [0.1, 0.15) is 11.5 Å². The second-order valence-corrected chi connectivity index (χ2v) is 15.0. The summed E-state index contributed by atoms with van der Waals surface area (Å²) in [5.41, 5.74) is 1.03. The molecule has 1 aromatic rings. The van der Waals surface area contributed by atoms with Gasteiger partial charge in [-0.2, -0.15) is 0 Å². The fourth-order valence-electron chi connectivity index (χ4n) is 6.81. The van der Waals surface area contributed by atoms with Crippen LogP contribution in [-0.2, 0) is 11.3 Å². The first-order valence-electron chi connectivity index (χ1n) is 21.8. The average molecular weight is 686 g/mol. The molecular formula is C45H83NO3. The van der Waals surface area contributed by atoms with E-state index >= 15 is 0 Å². The number of ether oxygens (including phenoxy) is 2. The quantitative estimate of drug-likeness (QED) is 0.0705. The number of hydrogen-bond donors (Lipinski definition) is 1. The van der Waals surface area contributed by atoms with Crippen molar-refractivity contribution in [2.45, 2.75) is 233 Å². The second kappa shape index (κ2) is 36.1. The van der Waals surface area contributed by atoms with E-state index in [0.29, 0.717) is 6.54 Å². The predicted octanol–water partition coefficient (Wildman–Crippen LogP) is 14.6. The monoisotopic (exact) mass is 686 g/mol. The molecule has 0 heterocycles. The molecule has 0 fully saturated rings. The Hall–Kier alpha value is -1.71. The van der Waals surface area contributed by atoms with Crippen LogP contribution in [0.2, 0.25) is 0 Å². The molecule has 49 heavy (non-hydrogen) atoms. The Balaban J connectivity index is 2.09. The second-order valence-electron chi connectivity index (χ2n) is 15.0. The Bertz CT molecular complexity index is 784. The molecule has 4 heteroatoms. The van der Waals surface area contributed by atoms with Gasteiger partial charge in [-0.25, -0.2) is 0 Å². The molecule has 0 aromatic heterocycles. The molecule has 0 aliphatic rings. The number of rotatable bonds is 38. The van der Waals surface area contributed by atoms with E-state index in [0.717, 1.165) is 43.1 Å². The maximum absolute atomic E-state index is 11.5. The van der Waals surface area contributed by atoms with Crippen molar-refractivity contribution >= 4 is 5.91 Å². The lowest BCUT2D eigenvalue weighted by Gasteiger charge is -2.13. The van der Waals surface area contributed by atoms with Crippen LogP contribution in [0.25, 0.3) is 0 Å². The van der Waals surface area contributed by atoms with Gasteiger partial charge in [-0.3, -0.25) is 4.79 Å². The normalized spacial score (nSPS) is 11.2. The first-order valence-corrected chi connectivity index (χ1v) is 21.8. The summed E-state index contributed by atoms with van der Waals surface area (Å²) in [6.07, 6.45) is 44.0. The van der Waals surface area contributed by atoms with Crippen molar-refractivity contribution in [3.63, 3.8) is 0 Å². The number of carbonyl (C=O) groups is 1. The number of unbranched alkanes of at least 4 members (excludes halogenated alkanes) is 30. The molecule has 0 radical (unpaired) electrons. The van der Waals surface area contributed by atoms with Gasteiger partial charge in [-0.05, 0) is 30.5 Å². The SMILES string of the molecule is CCCCCCCCCCCCCCCCCCOc1cc(CNC(C)=O)cc(OCCCCCCCCCCCCCCCCCC)c1. The largest absolute Gasteiger partial charge is 0.493 e. The van der Waals surface area contributed by atoms with Crippen molar-refractivity contribution in [3.8, 4) is 11.5 Å². The third kappa shape index (κ3) is 32.0. The average Bonchev–Trinajstić information content (AvgIpc) is 3.10. The Labute approximate surface area is 306 Å². The summed E-state index contributed by atoms with van der Waals surface area (Å²) in [5, 5.41) is 2.92. The first-order chi connectivity index (χ1) is 24.2. The fourth-order valence-corrected chi connectivity index (χ4v) is 6.81. The van der Waals surface area contributed by atoms with Crippen molar-refractivity contribution in [2.75, 3.05) is 13.2 Å². The molecule has 0 aliphatic carbocycles. The number of carbonyl (C=O) groups excluding carboxylic acids is 1. The van der Waals surface area contributed by atoms with Crippen LogP contribution >= 0.6 is 0 Å². The highest BCUT2D eigenvalue weighted by Crippen LogP contribution is 2.24. The van der Waals surface area contributed by atoms with Gasteiger partial charge < -0.3 is 14.8 Å². The van der Waals surface area contributed by atoms with Gasteiger partial charge in [0.15, 0.2) is 0 Å². The molecule has 0 atom stereocenters. The summed E-state index contributed by atoms with van der Waals surface area (Å²) in [4.78, 5) is 11.5. The van der Waals surface area contributed by atoms with Gasteiger partial charge in [0.25, 0.3) is 0 Å². The zero-order chi connectivity index (χ0) is 35.3. The molecule has 4 nitrogen and oxygen atoms in total. The van der Waals surface area contributed by atoms with Crippen molar-refractivity contribution < 1.29 is 14.3 Å². The maximum Gasteiger partial charge on any atom is 0.217 e. The number of hydrogen-bond acceptors (Lipinski definition) is 3. The third-order valence-electron chi connectivity index (χ3n) is 10.0. The van der Waals surface area contributed by atoms with Crippen LogP contribution in [0.1, 0.15) is 232 Å². The zero-order valence-corrected chi connectivity index (χ0v) is 33.2. The van der Waals surface area contributed by atoms with Crippen LogP contribution in [0.3, 0.4) is 0 Å². The van der Waals surface area contributed by atoms with Gasteiger partial charge in [-0.15, -0.1) is 0 Å². The molecule has 1 amide bonds. The van der Waals surface area contributed by atoms with Gasteiger partial charge in [0, 0.05) is 19.5 Å². The van der Waals surface area contributed by atoms with Gasteiger partial charge in [0.05, 0.1) is 13.2 Å². The summed E-state index contributed by atoms with van der Waals surface area (Å²) >= 11 is 0. The minimum absolute atomic E-state index is 0.0184. The highest BCUT2D eigenvalue weighted by atomic mass is 16.5. The fraction of sp³-hybridized carbons (Fsp3) is 0.844. The van der Waals surface area contributed by atoms with Crippen LogP contribution in [0.4, 0.5) is 0 Å². The summed E-state index contributed by atoms with van der Waals surface area (Å²) in [5.74, 6) is 1.69. The van der Waals surface area contributed by atoms with Crippen molar-refractivity contribution in [3.05, 3.63) is 23.8 Å². The Morgan fingerprint density at radius 3 is 0.959 bits per heavy atom. The highest BCUT2D eigenvalue weighted by molar-refractivity contribution is 5.72. The summed E-state index contributed by atoms with van der Waals surface area (Å²) in [6.45, 7) is 8.12. The first kappa shape index (κ1) is 45.3. The van der Waals surface area contributed by atoms with E-state index in [2.05, 4.69) is 19.2 Å². The summed E-state index contributed by atoms with van der Waals surface area (Å²) in [7, 11) is 0. The van der Waals surface area contributed by atoms with Gasteiger partial charge in [0.2, 0.25) is 5.91 Å². The summed E-state index contributed by atoms with van der Waals surface area (Å²) < 4.78 is 12.3. The maximum atomic E-state index is 11.5. The Kier molecular flexibility index (Phi) is 33.4. The van der Waals surface area contributed by atoms with E-state index in [9.17, 15) is 4.79 Å². The van der Waals surface area contributed by atoms with E-state index in [1.165, 1.54) is 193 Å². The topological polar surface area (TPSA) is 47.6 Å². The molecule has 1 N–H and O–H groups in total. The molecule has 0 bridgehead atoms.